The predicted molar refractivity (Wildman–Crippen MR) is 92.8 cm³/mol. The van der Waals surface area contributed by atoms with E-state index in [0.717, 1.165) is 42.5 Å². The maximum atomic E-state index is 13.3. The summed E-state index contributed by atoms with van der Waals surface area (Å²) in [6, 6.07) is 6.84. The number of carbonyl (C=O) groups is 1. The summed E-state index contributed by atoms with van der Waals surface area (Å²) in [5.41, 5.74) is 2.62. The molecule has 0 radical (unpaired) electrons. The molecule has 7 heteroatoms. The molecule has 0 spiro atoms. The van der Waals surface area contributed by atoms with Crippen LogP contribution in [0.5, 0.6) is 0 Å². The number of amides is 1. The lowest BCUT2D eigenvalue weighted by Gasteiger charge is -2.44. The summed E-state index contributed by atoms with van der Waals surface area (Å²) in [5.74, 6) is 0.151. The monoisotopic (exact) mass is 359 g/mol. The molecule has 2 heterocycles. The molecular weight excluding hydrogens is 338 g/mol. The minimum absolute atomic E-state index is 0.151. The smallest absolute Gasteiger partial charge is 0.233 e. The van der Waals surface area contributed by atoms with Crippen LogP contribution in [0.25, 0.3) is 0 Å². The van der Waals surface area contributed by atoms with E-state index in [9.17, 15) is 13.2 Å². The van der Waals surface area contributed by atoms with Crippen molar-refractivity contribution in [3.05, 3.63) is 47.3 Å². The van der Waals surface area contributed by atoms with Gasteiger partial charge >= 0.3 is 0 Å². The fourth-order valence-corrected chi connectivity index (χ4v) is 4.51. The van der Waals surface area contributed by atoms with Gasteiger partial charge in [0.25, 0.3) is 0 Å². The molecule has 1 aliphatic carbocycles. The number of carbonyl (C=O) groups excluding carboxylic acids is 1. The predicted octanol–water partition coefficient (Wildman–Crippen LogP) is 1.82. The van der Waals surface area contributed by atoms with Crippen LogP contribution in [-0.2, 0) is 33.0 Å². The zero-order chi connectivity index (χ0) is 17.7. The van der Waals surface area contributed by atoms with Crippen LogP contribution in [0.15, 0.2) is 35.4 Å². The van der Waals surface area contributed by atoms with Crippen LogP contribution in [-0.4, -0.2) is 42.2 Å². The molecule has 1 aromatic carbocycles. The van der Waals surface area contributed by atoms with Crippen molar-refractivity contribution in [2.24, 2.45) is 0 Å². The number of hydrogen-bond donors (Lipinski definition) is 1. The normalized spacial score (nSPS) is 19.2. The van der Waals surface area contributed by atoms with Gasteiger partial charge < -0.3 is 4.90 Å². The van der Waals surface area contributed by atoms with Gasteiger partial charge in [0.1, 0.15) is 0 Å². The molecule has 6 nitrogen and oxygen atoms in total. The standard InChI is InChI=1S/C18H21N3O3S/c1-25(23,24)15-5-3-14(4-6-15)18(8-2-9-18)17(22)21-10-7-16-13(12-21)11-19-20-16/h3-6,11H,2,7-10,12H2,1H3,(H,19,20). The number of fused-ring (bicyclic) bond motifs is 1. The van der Waals surface area contributed by atoms with E-state index in [1.165, 1.54) is 6.26 Å². The molecule has 1 fully saturated rings. The molecule has 0 atom stereocenters. The largest absolute Gasteiger partial charge is 0.337 e. The number of hydrogen-bond acceptors (Lipinski definition) is 4. The lowest BCUT2D eigenvalue weighted by atomic mass is 9.63. The molecule has 1 amide bonds. The Balaban J connectivity index is 1.62. The number of aromatic nitrogens is 2. The van der Waals surface area contributed by atoms with Gasteiger partial charge in [-0.3, -0.25) is 9.89 Å². The highest BCUT2D eigenvalue weighted by Gasteiger charge is 2.48. The quantitative estimate of drug-likeness (QED) is 0.906. The first-order chi connectivity index (χ1) is 11.9. The summed E-state index contributed by atoms with van der Waals surface area (Å²) in [4.78, 5) is 15.5. The Labute approximate surface area is 147 Å². The van der Waals surface area contributed by atoms with E-state index in [1.807, 2.05) is 4.90 Å². The van der Waals surface area contributed by atoms with Crippen LogP contribution in [0.2, 0.25) is 0 Å². The fourth-order valence-electron chi connectivity index (χ4n) is 3.88. The molecule has 1 aliphatic heterocycles. The van der Waals surface area contributed by atoms with Gasteiger partial charge in [0.2, 0.25) is 5.91 Å². The number of benzene rings is 1. The third-order valence-corrected chi connectivity index (χ3v) is 6.67. The van der Waals surface area contributed by atoms with Crippen molar-refractivity contribution in [2.75, 3.05) is 12.8 Å². The topological polar surface area (TPSA) is 83.1 Å². The second-order valence-electron chi connectivity index (χ2n) is 7.08. The second kappa shape index (κ2) is 5.69. The van der Waals surface area contributed by atoms with Gasteiger partial charge in [-0.05, 0) is 30.5 Å². The number of nitrogens with one attached hydrogen (secondary N) is 1. The Morgan fingerprint density at radius 3 is 2.56 bits per heavy atom. The molecule has 4 rings (SSSR count). The van der Waals surface area contributed by atoms with Gasteiger partial charge in [-0.15, -0.1) is 0 Å². The second-order valence-corrected chi connectivity index (χ2v) is 9.10. The third-order valence-electron chi connectivity index (χ3n) is 5.54. The highest BCUT2D eigenvalue weighted by atomic mass is 32.2. The van der Waals surface area contributed by atoms with Gasteiger partial charge in [0.05, 0.1) is 16.5 Å². The van der Waals surface area contributed by atoms with Crippen molar-refractivity contribution in [3.8, 4) is 0 Å². The molecule has 132 valence electrons. The Bertz CT molecular complexity index is 911. The maximum absolute atomic E-state index is 13.3. The first-order valence-corrected chi connectivity index (χ1v) is 10.4. The molecule has 2 aliphatic rings. The Morgan fingerprint density at radius 2 is 1.96 bits per heavy atom. The molecule has 1 aromatic heterocycles. The summed E-state index contributed by atoms with van der Waals surface area (Å²) < 4.78 is 23.3. The highest BCUT2D eigenvalue weighted by Crippen LogP contribution is 2.46. The van der Waals surface area contributed by atoms with Crippen molar-refractivity contribution in [3.63, 3.8) is 0 Å². The summed E-state index contributed by atoms with van der Waals surface area (Å²) >= 11 is 0. The van der Waals surface area contributed by atoms with Gasteiger partial charge in [0.15, 0.2) is 9.84 Å². The van der Waals surface area contributed by atoms with Crippen LogP contribution in [0.4, 0.5) is 0 Å². The fraction of sp³-hybridized carbons (Fsp3) is 0.444. The van der Waals surface area contributed by atoms with Crippen LogP contribution in [0.3, 0.4) is 0 Å². The molecule has 2 aromatic rings. The van der Waals surface area contributed by atoms with Crippen LogP contribution < -0.4 is 0 Å². The Hall–Kier alpha value is -2.15. The van der Waals surface area contributed by atoms with Crippen molar-refractivity contribution in [1.29, 1.82) is 0 Å². The summed E-state index contributed by atoms with van der Waals surface area (Å²) in [5, 5.41) is 7.06. The molecule has 1 saturated carbocycles. The van der Waals surface area contributed by atoms with Crippen LogP contribution >= 0.6 is 0 Å². The molecular formula is C18H21N3O3S. The number of nitrogens with zero attached hydrogens (tertiary/aromatic N) is 2. The first kappa shape index (κ1) is 16.3. The highest BCUT2D eigenvalue weighted by molar-refractivity contribution is 7.90. The average molecular weight is 359 g/mol. The number of aromatic amines is 1. The summed E-state index contributed by atoms with van der Waals surface area (Å²) in [6.45, 7) is 1.28. The molecule has 0 saturated heterocycles. The Morgan fingerprint density at radius 1 is 1.24 bits per heavy atom. The lowest BCUT2D eigenvalue weighted by Crippen LogP contribution is -2.52. The SMILES string of the molecule is CS(=O)(=O)c1ccc(C2(C(=O)N3CCc4[nH]ncc4C3)CCC2)cc1. The number of rotatable bonds is 3. The third kappa shape index (κ3) is 2.66. The van der Waals surface area contributed by atoms with Gasteiger partial charge in [-0.1, -0.05) is 18.6 Å². The van der Waals surface area contributed by atoms with Crippen molar-refractivity contribution < 1.29 is 13.2 Å². The van der Waals surface area contributed by atoms with Crippen LogP contribution in [0, 0.1) is 0 Å². The number of sulfone groups is 1. The van der Waals surface area contributed by atoms with Crippen molar-refractivity contribution in [1.82, 2.24) is 15.1 Å². The Kier molecular flexibility index (Phi) is 3.72. The summed E-state index contributed by atoms with van der Waals surface area (Å²) in [7, 11) is -3.23. The zero-order valence-corrected chi connectivity index (χ0v) is 15.0. The average Bonchev–Trinajstić information content (AvgIpc) is 3.01. The summed E-state index contributed by atoms with van der Waals surface area (Å²) in [6.07, 6.45) is 6.44. The van der Waals surface area contributed by atoms with Crippen molar-refractivity contribution in [2.45, 2.75) is 42.5 Å². The van der Waals surface area contributed by atoms with E-state index >= 15 is 0 Å². The maximum Gasteiger partial charge on any atom is 0.233 e. The van der Waals surface area contributed by atoms with E-state index in [-0.39, 0.29) is 5.91 Å². The van der Waals surface area contributed by atoms with Gasteiger partial charge in [-0.2, -0.15) is 5.10 Å². The minimum atomic E-state index is -3.23. The lowest BCUT2D eigenvalue weighted by molar-refractivity contribution is -0.142. The first-order valence-electron chi connectivity index (χ1n) is 8.51. The zero-order valence-electron chi connectivity index (χ0n) is 14.2. The van der Waals surface area contributed by atoms with E-state index in [4.69, 9.17) is 0 Å². The van der Waals surface area contributed by atoms with Gasteiger partial charge in [0, 0.05) is 37.0 Å². The minimum Gasteiger partial charge on any atom is -0.337 e. The van der Waals surface area contributed by atoms with E-state index in [1.54, 1.807) is 30.5 Å². The van der Waals surface area contributed by atoms with Crippen molar-refractivity contribution >= 4 is 15.7 Å². The van der Waals surface area contributed by atoms with Gasteiger partial charge in [-0.25, -0.2) is 8.42 Å². The number of H-pyrrole nitrogens is 1. The van der Waals surface area contributed by atoms with E-state index in [2.05, 4.69) is 10.2 Å². The van der Waals surface area contributed by atoms with E-state index < -0.39 is 15.3 Å². The molecule has 25 heavy (non-hydrogen) atoms. The molecule has 0 bridgehead atoms. The molecule has 1 N–H and O–H groups in total. The van der Waals surface area contributed by atoms with E-state index in [0.29, 0.717) is 18.0 Å². The molecule has 0 unspecified atom stereocenters. The van der Waals surface area contributed by atoms with Crippen LogP contribution in [0.1, 0.15) is 36.1 Å².